The van der Waals surface area contributed by atoms with Crippen LogP contribution in [-0.4, -0.2) is 73.2 Å². The maximum absolute atomic E-state index is 13.8. The zero-order chi connectivity index (χ0) is 35.6. The Balaban J connectivity index is 1.67. The molecule has 0 saturated carbocycles. The number of amides is 2. The van der Waals surface area contributed by atoms with Gasteiger partial charge in [0.15, 0.2) is 5.65 Å². The van der Waals surface area contributed by atoms with Crippen molar-refractivity contribution in [2.45, 2.75) is 124 Å². The van der Waals surface area contributed by atoms with Crippen LogP contribution in [0.25, 0.3) is 5.65 Å². The van der Waals surface area contributed by atoms with Crippen LogP contribution in [0, 0.1) is 5.41 Å². The van der Waals surface area contributed by atoms with Crippen LogP contribution in [0.1, 0.15) is 106 Å². The molecule has 1 fully saturated rings. The fourth-order valence-corrected chi connectivity index (χ4v) is 6.19. The number of carbonyl (C=O) groups excluding carboxylic acids is 2. The Kier molecular flexibility index (Phi) is 10.9. The second kappa shape index (κ2) is 14.2. The van der Waals surface area contributed by atoms with E-state index in [2.05, 4.69) is 38.1 Å². The highest BCUT2D eigenvalue weighted by atomic mass is 16.6. The number of nitrogens with one attached hydrogen (secondary N) is 1. The smallest absolute Gasteiger partial charge is 0.416 e. The van der Waals surface area contributed by atoms with Crippen LogP contribution in [-0.2, 0) is 16.0 Å². The summed E-state index contributed by atoms with van der Waals surface area (Å²) < 4.78 is 13.3. The Morgan fingerprint density at radius 1 is 1.08 bits per heavy atom. The van der Waals surface area contributed by atoms with E-state index in [0.29, 0.717) is 55.3 Å². The Morgan fingerprint density at radius 2 is 1.77 bits per heavy atom. The number of fused-ring (bicyclic) bond motifs is 1. The molecule has 1 aromatic carbocycles. The van der Waals surface area contributed by atoms with Gasteiger partial charge in [-0.3, -0.25) is 4.90 Å². The van der Waals surface area contributed by atoms with Gasteiger partial charge in [0.2, 0.25) is 0 Å². The molecule has 12 heteroatoms. The highest BCUT2D eigenvalue weighted by Gasteiger charge is 2.44. The minimum Gasteiger partial charge on any atom is -0.444 e. The molecule has 2 unspecified atom stereocenters. The third kappa shape index (κ3) is 9.09. The molecule has 2 atom stereocenters. The van der Waals surface area contributed by atoms with Gasteiger partial charge in [0.1, 0.15) is 22.8 Å². The summed E-state index contributed by atoms with van der Waals surface area (Å²) >= 11 is 0. The molecule has 1 aliphatic heterocycles. The van der Waals surface area contributed by atoms with Gasteiger partial charge in [-0.25, -0.2) is 14.6 Å². The normalized spacial score (nSPS) is 17.5. The molecular formula is C36H55N7O5. The first kappa shape index (κ1) is 36.8. The molecule has 264 valence electrons. The summed E-state index contributed by atoms with van der Waals surface area (Å²) in [6.45, 7) is 20.5. The summed E-state index contributed by atoms with van der Waals surface area (Å²) in [5.41, 5.74) is 7.25. The van der Waals surface area contributed by atoms with Crippen LogP contribution in [0.2, 0.25) is 0 Å². The number of likely N-dealkylation sites (tertiary alicyclic amines) is 1. The first-order chi connectivity index (χ1) is 22.3. The summed E-state index contributed by atoms with van der Waals surface area (Å²) in [5, 5.41) is 19.3. The molecule has 2 aromatic heterocycles. The first-order valence-corrected chi connectivity index (χ1v) is 16.9. The first-order valence-electron chi connectivity index (χ1n) is 16.9. The van der Waals surface area contributed by atoms with E-state index < -0.39 is 40.9 Å². The average molecular weight is 666 g/mol. The van der Waals surface area contributed by atoms with Crippen molar-refractivity contribution >= 4 is 35.2 Å². The summed E-state index contributed by atoms with van der Waals surface area (Å²) in [4.78, 5) is 35.2. The van der Waals surface area contributed by atoms with Gasteiger partial charge in [0.25, 0.3) is 0 Å². The second-order valence-electron chi connectivity index (χ2n) is 15.8. The molecule has 0 aliphatic carbocycles. The lowest BCUT2D eigenvalue weighted by Gasteiger charge is -2.47. The van der Waals surface area contributed by atoms with Gasteiger partial charge in [0, 0.05) is 30.4 Å². The van der Waals surface area contributed by atoms with Gasteiger partial charge >= 0.3 is 12.2 Å². The predicted molar refractivity (Wildman–Crippen MR) is 189 cm³/mol. The summed E-state index contributed by atoms with van der Waals surface area (Å²) in [6, 6.07) is 8.78. The van der Waals surface area contributed by atoms with E-state index in [-0.39, 0.29) is 12.5 Å². The fourth-order valence-electron chi connectivity index (χ4n) is 6.19. The van der Waals surface area contributed by atoms with Crippen LogP contribution < -0.4 is 16.0 Å². The number of aliphatic hydroxyl groups is 1. The highest BCUT2D eigenvalue weighted by Crippen LogP contribution is 2.37. The number of aliphatic hydroxyl groups excluding tert-OH is 1. The Labute approximate surface area is 285 Å². The van der Waals surface area contributed by atoms with Crippen LogP contribution in [0.4, 0.5) is 26.9 Å². The van der Waals surface area contributed by atoms with E-state index in [1.165, 1.54) is 0 Å². The van der Waals surface area contributed by atoms with Gasteiger partial charge in [-0.15, -0.1) is 0 Å². The van der Waals surface area contributed by atoms with Crippen LogP contribution >= 0.6 is 0 Å². The highest BCUT2D eigenvalue weighted by molar-refractivity contribution is 5.88. The van der Waals surface area contributed by atoms with Crippen LogP contribution in [0.3, 0.4) is 0 Å². The summed E-state index contributed by atoms with van der Waals surface area (Å²) in [6.07, 6.45) is 2.13. The van der Waals surface area contributed by atoms with E-state index >= 15 is 0 Å². The molecule has 1 aliphatic rings. The number of anilines is 3. The number of benzene rings is 1. The molecule has 0 radical (unpaired) electrons. The fraction of sp³-hybridized carbons (Fsp3) is 0.611. The maximum Gasteiger partial charge on any atom is 0.416 e. The minimum atomic E-state index is -0.728. The predicted octanol–water partition coefficient (Wildman–Crippen LogP) is 6.97. The van der Waals surface area contributed by atoms with Crippen molar-refractivity contribution in [1.82, 2.24) is 19.5 Å². The monoisotopic (exact) mass is 665 g/mol. The van der Waals surface area contributed by atoms with Crippen molar-refractivity contribution in [3.8, 4) is 0 Å². The quantitative estimate of drug-likeness (QED) is 0.206. The lowest BCUT2D eigenvalue weighted by atomic mass is 9.75. The largest absolute Gasteiger partial charge is 0.444 e. The lowest BCUT2D eigenvalue weighted by molar-refractivity contribution is -0.0595. The zero-order valence-corrected chi connectivity index (χ0v) is 30.3. The summed E-state index contributed by atoms with van der Waals surface area (Å²) in [7, 11) is 0. The number of aromatic nitrogens is 3. The van der Waals surface area contributed by atoms with Gasteiger partial charge in [-0.2, -0.15) is 9.61 Å². The maximum atomic E-state index is 13.8. The SMILES string of the molecule is CC(C)c1cnn2c(N(Cc3cccc(N)c3)C(=O)OC(C)(C)C)cc(NCCC(C)(C)C3C(O)CCCN3C(=O)OC(C)(C)C)nc12. The number of piperidine rings is 1. The molecule has 1 saturated heterocycles. The standard InChI is InChI=1S/C36H55N7O5/c1-23(2)26-21-39-43-29(42(33(46)48-35(6,7)8)22-24-13-11-14-25(37)19-24)20-28(40-31(26)43)38-17-16-36(9,10)30-27(44)15-12-18-41(30)32(45)47-34(3,4)5/h11,13-14,19-21,23,27,30,44H,12,15-18,22,37H2,1-10H3,(H,38,40). The van der Waals surface area contributed by atoms with E-state index in [0.717, 1.165) is 11.1 Å². The van der Waals surface area contributed by atoms with Crippen LogP contribution in [0.15, 0.2) is 36.5 Å². The molecule has 3 aromatic rings. The van der Waals surface area contributed by atoms with Crippen molar-refractivity contribution in [1.29, 1.82) is 0 Å². The Hall–Kier alpha value is -4.06. The van der Waals surface area contributed by atoms with Gasteiger partial charge in [0.05, 0.1) is 24.9 Å². The van der Waals surface area contributed by atoms with E-state index in [1.807, 2.05) is 59.7 Å². The molecular weight excluding hydrogens is 610 g/mol. The topological polar surface area (TPSA) is 148 Å². The number of hydrogen-bond donors (Lipinski definition) is 3. The number of nitrogen functional groups attached to an aromatic ring is 1. The van der Waals surface area contributed by atoms with Crippen LogP contribution in [0.5, 0.6) is 0 Å². The number of ether oxygens (including phenoxy) is 2. The van der Waals surface area contributed by atoms with Crippen molar-refractivity contribution in [3.63, 3.8) is 0 Å². The van der Waals surface area contributed by atoms with E-state index in [4.69, 9.17) is 20.2 Å². The van der Waals surface area contributed by atoms with Crippen molar-refractivity contribution in [2.75, 3.05) is 29.0 Å². The van der Waals surface area contributed by atoms with E-state index in [1.54, 1.807) is 32.6 Å². The molecule has 2 amide bonds. The molecule has 48 heavy (non-hydrogen) atoms. The third-order valence-electron chi connectivity index (χ3n) is 8.39. The van der Waals surface area contributed by atoms with Gasteiger partial charge in [-0.1, -0.05) is 39.8 Å². The Morgan fingerprint density at radius 3 is 2.40 bits per heavy atom. The van der Waals surface area contributed by atoms with Gasteiger partial charge < -0.3 is 30.5 Å². The molecule has 12 nitrogen and oxygen atoms in total. The molecule has 4 rings (SSSR count). The number of carbonyl (C=O) groups is 2. The van der Waals surface area contributed by atoms with Crippen molar-refractivity contribution in [3.05, 3.63) is 47.7 Å². The van der Waals surface area contributed by atoms with E-state index in [9.17, 15) is 14.7 Å². The van der Waals surface area contributed by atoms with Crippen molar-refractivity contribution < 1.29 is 24.2 Å². The van der Waals surface area contributed by atoms with Gasteiger partial charge in [-0.05, 0) is 89.8 Å². The number of nitrogens with zero attached hydrogens (tertiary/aromatic N) is 5. The third-order valence-corrected chi connectivity index (χ3v) is 8.39. The molecule has 0 bridgehead atoms. The number of nitrogens with two attached hydrogens (primary N) is 1. The summed E-state index contributed by atoms with van der Waals surface area (Å²) in [5.74, 6) is 1.18. The second-order valence-corrected chi connectivity index (χ2v) is 15.8. The number of rotatable bonds is 9. The Bertz CT molecular complexity index is 1590. The average Bonchev–Trinajstić information content (AvgIpc) is 3.38. The lowest BCUT2D eigenvalue weighted by Crippen LogP contribution is -2.58. The number of hydrogen-bond acceptors (Lipinski definition) is 9. The zero-order valence-electron chi connectivity index (χ0n) is 30.3. The molecule has 3 heterocycles. The molecule has 0 spiro atoms. The van der Waals surface area contributed by atoms with Crippen molar-refractivity contribution in [2.24, 2.45) is 5.41 Å². The minimum absolute atomic E-state index is 0.132. The molecule has 4 N–H and O–H groups in total.